The Balaban J connectivity index is 1.86. The van der Waals surface area contributed by atoms with Gasteiger partial charge in [-0.05, 0) is 25.1 Å². The number of hydrogen-bond donors (Lipinski definition) is 1. The van der Waals surface area contributed by atoms with Crippen LogP contribution in [-0.2, 0) is 11.8 Å². The van der Waals surface area contributed by atoms with Gasteiger partial charge in [-0.25, -0.2) is 13.2 Å². The summed E-state index contributed by atoms with van der Waals surface area (Å²) in [6.07, 6.45) is -0.310. The van der Waals surface area contributed by atoms with Crippen LogP contribution in [0.3, 0.4) is 0 Å². The SMILES string of the molecule is C=CC1(CC(=O)C(=O)c2c(Cl)c(C(=O)Nc3ccc(F)c(C#N)c3)n(C)c2C)CC(F)(F)C1. The van der Waals surface area contributed by atoms with Gasteiger partial charge in [0.15, 0.2) is 0 Å². The zero-order valence-electron chi connectivity index (χ0n) is 17.8. The number of nitrogens with one attached hydrogen (secondary N) is 1. The van der Waals surface area contributed by atoms with E-state index in [0.717, 1.165) is 12.1 Å². The molecule has 0 saturated heterocycles. The van der Waals surface area contributed by atoms with Crippen LogP contribution in [0.15, 0.2) is 30.9 Å². The molecule has 0 unspecified atom stereocenters. The van der Waals surface area contributed by atoms with Gasteiger partial charge in [-0.3, -0.25) is 14.4 Å². The number of alkyl halides is 2. The summed E-state index contributed by atoms with van der Waals surface area (Å²) in [6.45, 7) is 5.00. The lowest BCUT2D eigenvalue weighted by atomic mass is 9.63. The van der Waals surface area contributed by atoms with E-state index in [0.29, 0.717) is 0 Å². The number of carbonyl (C=O) groups excluding carboxylic acids is 3. The topological polar surface area (TPSA) is 92.0 Å². The summed E-state index contributed by atoms with van der Waals surface area (Å²) in [4.78, 5) is 38.3. The second-order valence-corrected chi connectivity index (χ2v) is 8.53. The molecule has 1 amide bonds. The third-order valence-electron chi connectivity index (χ3n) is 5.83. The first-order valence-electron chi connectivity index (χ1n) is 9.79. The lowest BCUT2D eigenvalue weighted by molar-refractivity contribution is -0.149. The zero-order chi connectivity index (χ0) is 24.7. The van der Waals surface area contributed by atoms with Crippen molar-refractivity contribution in [2.24, 2.45) is 12.5 Å². The van der Waals surface area contributed by atoms with Gasteiger partial charge in [-0.1, -0.05) is 17.7 Å². The average Bonchev–Trinajstić information content (AvgIpc) is 2.95. The Kier molecular flexibility index (Phi) is 6.27. The zero-order valence-corrected chi connectivity index (χ0v) is 18.5. The first-order valence-corrected chi connectivity index (χ1v) is 10.2. The van der Waals surface area contributed by atoms with Crippen LogP contribution in [0.25, 0.3) is 0 Å². The lowest BCUT2D eigenvalue weighted by Crippen LogP contribution is -2.46. The molecule has 0 bridgehead atoms. The van der Waals surface area contributed by atoms with Crippen LogP contribution in [0.1, 0.15) is 51.4 Å². The van der Waals surface area contributed by atoms with Crippen molar-refractivity contribution in [1.29, 1.82) is 5.26 Å². The van der Waals surface area contributed by atoms with E-state index in [1.165, 1.54) is 30.7 Å². The molecule has 0 aliphatic heterocycles. The predicted molar refractivity (Wildman–Crippen MR) is 115 cm³/mol. The number of benzene rings is 1. The summed E-state index contributed by atoms with van der Waals surface area (Å²) in [7, 11) is 1.46. The predicted octanol–water partition coefficient (Wildman–Crippen LogP) is 4.99. The van der Waals surface area contributed by atoms with E-state index < -0.39 is 53.9 Å². The maximum absolute atomic E-state index is 13.5. The number of anilines is 1. The molecular formula is C23H19ClF3N3O3. The van der Waals surface area contributed by atoms with Crippen LogP contribution in [0, 0.1) is 29.5 Å². The van der Waals surface area contributed by atoms with Crippen molar-refractivity contribution in [2.75, 3.05) is 5.32 Å². The maximum Gasteiger partial charge on any atom is 0.273 e. The van der Waals surface area contributed by atoms with E-state index in [9.17, 15) is 27.6 Å². The number of nitriles is 1. The molecule has 0 spiro atoms. The molecule has 6 nitrogen and oxygen atoms in total. The Labute approximate surface area is 192 Å². The molecule has 1 fully saturated rings. The number of amides is 1. The maximum atomic E-state index is 13.5. The van der Waals surface area contributed by atoms with Crippen LogP contribution in [0.5, 0.6) is 0 Å². The van der Waals surface area contributed by atoms with Gasteiger partial charge >= 0.3 is 0 Å². The van der Waals surface area contributed by atoms with Crippen molar-refractivity contribution >= 4 is 34.8 Å². The fraction of sp³-hybridized carbons (Fsp3) is 0.304. The highest BCUT2D eigenvalue weighted by Crippen LogP contribution is 2.55. The number of carbonyl (C=O) groups is 3. The van der Waals surface area contributed by atoms with Gasteiger partial charge in [0.2, 0.25) is 17.5 Å². The number of nitrogens with zero attached hydrogens (tertiary/aromatic N) is 2. The molecule has 1 aliphatic carbocycles. The van der Waals surface area contributed by atoms with Gasteiger partial charge in [0, 0.05) is 43.1 Å². The van der Waals surface area contributed by atoms with Crippen molar-refractivity contribution in [3.8, 4) is 6.07 Å². The monoisotopic (exact) mass is 477 g/mol. The van der Waals surface area contributed by atoms with E-state index in [4.69, 9.17) is 16.9 Å². The Bertz CT molecular complexity index is 1240. The molecule has 33 heavy (non-hydrogen) atoms. The molecule has 1 saturated carbocycles. The Morgan fingerprint density at radius 2 is 1.97 bits per heavy atom. The minimum atomic E-state index is -2.91. The molecule has 1 heterocycles. The first-order chi connectivity index (χ1) is 15.3. The molecule has 172 valence electrons. The van der Waals surface area contributed by atoms with Gasteiger partial charge in [0.1, 0.15) is 17.6 Å². The number of hydrogen-bond acceptors (Lipinski definition) is 4. The van der Waals surface area contributed by atoms with Crippen LogP contribution in [-0.4, -0.2) is 28.0 Å². The van der Waals surface area contributed by atoms with Crippen LogP contribution >= 0.6 is 11.6 Å². The van der Waals surface area contributed by atoms with Crippen LogP contribution in [0.2, 0.25) is 5.02 Å². The largest absolute Gasteiger partial charge is 0.342 e. The molecule has 0 radical (unpaired) electrons. The molecule has 2 aromatic rings. The van der Waals surface area contributed by atoms with Crippen molar-refractivity contribution in [3.05, 3.63) is 64.2 Å². The highest BCUT2D eigenvalue weighted by molar-refractivity contribution is 6.49. The van der Waals surface area contributed by atoms with E-state index in [1.807, 2.05) is 0 Å². The van der Waals surface area contributed by atoms with Crippen molar-refractivity contribution in [3.63, 3.8) is 0 Å². The second-order valence-electron chi connectivity index (χ2n) is 8.15. The van der Waals surface area contributed by atoms with Gasteiger partial charge in [0.05, 0.1) is 16.1 Å². The fourth-order valence-corrected chi connectivity index (χ4v) is 4.45. The Morgan fingerprint density at radius 3 is 2.52 bits per heavy atom. The molecule has 10 heteroatoms. The molecule has 1 aliphatic rings. The van der Waals surface area contributed by atoms with E-state index in [1.54, 1.807) is 6.07 Å². The van der Waals surface area contributed by atoms with Gasteiger partial charge < -0.3 is 9.88 Å². The molecule has 1 N–H and O–H groups in total. The van der Waals surface area contributed by atoms with Crippen LogP contribution in [0.4, 0.5) is 18.9 Å². The molecule has 0 atom stereocenters. The van der Waals surface area contributed by atoms with Gasteiger partial charge in [-0.2, -0.15) is 5.26 Å². The Hall–Kier alpha value is -3.38. The number of halogens is 4. The first kappa shape index (κ1) is 24.3. The Morgan fingerprint density at radius 1 is 1.33 bits per heavy atom. The summed E-state index contributed by atoms with van der Waals surface area (Å²) in [5.41, 5.74) is -1.42. The van der Waals surface area contributed by atoms with Gasteiger partial charge in [-0.15, -0.1) is 6.58 Å². The van der Waals surface area contributed by atoms with Gasteiger partial charge in [0.25, 0.3) is 5.91 Å². The smallest absolute Gasteiger partial charge is 0.273 e. The molecule has 1 aromatic carbocycles. The van der Waals surface area contributed by atoms with Crippen molar-refractivity contribution < 1.29 is 27.6 Å². The number of allylic oxidation sites excluding steroid dienone is 1. The second kappa shape index (κ2) is 8.52. The molecule has 1 aromatic heterocycles. The quantitative estimate of drug-likeness (QED) is 0.345. The van der Waals surface area contributed by atoms with E-state index in [2.05, 4.69) is 11.9 Å². The standard InChI is InChI=1S/C23H19ClF3N3O3/c1-4-22(10-23(26,27)11-22)8-16(31)20(32)17-12(2)30(3)19(18(17)24)21(33)29-14-5-6-15(25)13(7-14)9-28/h4-7H,1,8,10-11H2,2-3H3,(H,29,33). The van der Waals surface area contributed by atoms with Crippen molar-refractivity contribution in [1.82, 2.24) is 4.57 Å². The molecular weight excluding hydrogens is 459 g/mol. The summed E-state index contributed by atoms with van der Waals surface area (Å²) in [5.74, 6) is -6.32. The minimum absolute atomic E-state index is 0.121. The third-order valence-corrected chi connectivity index (χ3v) is 6.20. The number of ketones is 2. The fourth-order valence-electron chi connectivity index (χ4n) is 4.01. The minimum Gasteiger partial charge on any atom is -0.342 e. The summed E-state index contributed by atoms with van der Waals surface area (Å²) in [5, 5.41) is 11.1. The van der Waals surface area contributed by atoms with Crippen molar-refractivity contribution in [2.45, 2.75) is 32.1 Å². The highest BCUT2D eigenvalue weighted by Gasteiger charge is 2.55. The summed E-state index contributed by atoms with van der Waals surface area (Å²) < 4.78 is 41.6. The number of Topliss-reactive ketones (excluding diaryl/α,β-unsaturated/α-hetero) is 2. The number of aromatic nitrogens is 1. The normalized spacial score (nSPS) is 15.8. The summed E-state index contributed by atoms with van der Waals surface area (Å²) >= 11 is 6.31. The lowest BCUT2D eigenvalue weighted by Gasteiger charge is -2.44. The van der Waals surface area contributed by atoms with E-state index in [-0.39, 0.29) is 33.2 Å². The number of rotatable bonds is 7. The average molecular weight is 478 g/mol. The summed E-state index contributed by atoms with van der Waals surface area (Å²) in [6, 6.07) is 5.05. The van der Waals surface area contributed by atoms with Crippen LogP contribution < -0.4 is 5.32 Å². The molecule has 3 rings (SSSR count). The highest BCUT2D eigenvalue weighted by atomic mass is 35.5. The third kappa shape index (κ3) is 4.44. The van der Waals surface area contributed by atoms with E-state index >= 15 is 0 Å².